The summed E-state index contributed by atoms with van der Waals surface area (Å²) in [5, 5.41) is 11.1. The zero-order chi connectivity index (χ0) is 19.6. The molecule has 1 amide bonds. The van der Waals surface area contributed by atoms with Crippen LogP contribution in [0.4, 0.5) is 5.82 Å². The van der Waals surface area contributed by atoms with Crippen LogP contribution in [0.25, 0.3) is 5.65 Å². The first kappa shape index (κ1) is 18.8. The molecular formula is C21H31N7O. The van der Waals surface area contributed by atoms with Crippen molar-refractivity contribution in [1.82, 2.24) is 30.1 Å². The minimum absolute atomic E-state index is 0.0645. The van der Waals surface area contributed by atoms with Gasteiger partial charge in [0.1, 0.15) is 5.82 Å². The third kappa shape index (κ3) is 3.83. The molecule has 156 valence electrons. The van der Waals surface area contributed by atoms with Crippen molar-refractivity contribution in [3.8, 4) is 0 Å². The van der Waals surface area contributed by atoms with Crippen LogP contribution in [-0.2, 0) is 17.6 Å². The van der Waals surface area contributed by atoms with E-state index in [9.17, 15) is 4.79 Å². The normalized spacial score (nSPS) is 20.9. The second-order valence-electron chi connectivity index (χ2n) is 8.51. The molecule has 5 heterocycles. The Morgan fingerprint density at radius 3 is 2.86 bits per heavy atom. The number of anilines is 1. The van der Waals surface area contributed by atoms with Gasteiger partial charge in [0.15, 0.2) is 5.65 Å². The van der Waals surface area contributed by atoms with Gasteiger partial charge in [0.2, 0.25) is 5.91 Å². The average Bonchev–Trinajstić information content (AvgIpc) is 3.04. The van der Waals surface area contributed by atoms with E-state index in [4.69, 9.17) is 4.98 Å². The van der Waals surface area contributed by atoms with Gasteiger partial charge in [-0.05, 0) is 38.9 Å². The molecule has 0 unspecified atom stereocenters. The maximum atomic E-state index is 12.6. The highest BCUT2D eigenvalue weighted by atomic mass is 16.2. The highest BCUT2D eigenvalue weighted by Crippen LogP contribution is 2.31. The summed E-state index contributed by atoms with van der Waals surface area (Å²) in [5.74, 6) is 1.39. The van der Waals surface area contributed by atoms with Crippen LogP contribution in [0.5, 0.6) is 0 Å². The van der Waals surface area contributed by atoms with E-state index in [0.717, 1.165) is 63.6 Å². The number of hydrogen-bond donors (Lipinski definition) is 2. The molecule has 0 aromatic carbocycles. The van der Waals surface area contributed by atoms with Crippen LogP contribution in [0, 0.1) is 5.92 Å². The summed E-state index contributed by atoms with van der Waals surface area (Å²) in [6.45, 7) is 7.53. The Morgan fingerprint density at radius 2 is 2.00 bits per heavy atom. The third-order valence-corrected chi connectivity index (χ3v) is 6.51. The molecule has 2 N–H and O–H groups in total. The first-order chi connectivity index (χ1) is 14.3. The molecule has 2 aromatic heterocycles. The molecule has 2 saturated heterocycles. The van der Waals surface area contributed by atoms with E-state index in [1.54, 1.807) is 0 Å². The summed E-state index contributed by atoms with van der Waals surface area (Å²) in [5.41, 5.74) is 3.36. The van der Waals surface area contributed by atoms with Crippen molar-refractivity contribution in [2.24, 2.45) is 5.92 Å². The van der Waals surface area contributed by atoms with E-state index in [0.29, 0.717) is 0 Å². The molecule has 0 atom stereocenters. The van der Waals surface area contributed by atoms with Crippen LogP contribution in [0.2, 0.25) is 0 Å². The molecule has 8 heteroatoms. The highest BCUT2D eigenvalue weighted by Gasteiger charge is 2.36. The van der Waals surface area contributed by atoms with Gasteiger partial charge in [-0.25, -0.2) is 4.98 Å². The number of hydrogen-bond acceptors (Lipinski definition) is 6. The Hall–Kier alpha value is -2.19. The molecule has 0 aliphatic carbocycles. The predicted molar refractivity (Wildman–Crippen MR) is 112 cm³/mol. The highest BCUT2D eigenvalue weighted by molar-refractivity contribution is 5.82. The van der Waals surface area contributed by atoms with E-state index < -0.39 is 0 Å². The Labute approximate surface area is 171 Å². The first-order valence-corrected chi connectivity index (χ1v) is 11.1. The van der Waals surface area contributed by atoms with E-state index >= 15 is 0 Å². The lowest BCUT2D eigenvalue weighted by Crippen LogP contribution is -2.55. The van der Waals surface area contributed by atoms with Crippen molar-refractivity contribution in [1.29, 1.82) is 0 Å². The second-order valence-corrected chi connectivity index (χ2v) is 8.51. The predicted octanol–water partition coefficient (Wildman–Crippen LogP) is 0.456. The molecule has 2 fully saturated rings. The molecule has 0 radical (unpaired) electrons. The quantitative estimate of drug-likeness (QED) is 0.763. The van der Waals surface area contributed by atoms with Crippen molar-refractivity contribution >= 4 is 17.4 Å². The van der Waals surface area contributed by atoms with Gasteiger partial charge in [-0.3, -0.25) is 4.79 Å². The van der Waals surface area contributed by atoms with Gasteiger partial charge in [-0.1, -0.05) is 6.42 Å². The SMILES string of the molecule is O=C(NCCN1CCCCC1)C1CN(c2c3c(nc4ccnn24)CCNCC3)C1. The van der Waals surface area contributed by atoms with Crippen molar-refractivity contribution in [3.63, 3.8) is 0 Å². The first-order valence-electron chi connectivity index (χ1n) is 11.1. The third-order valence-electron chi connectivity index (χ3n) is 6.51. The number of nitrogens with zero attached hydrogens (tertiary/aromatic N) is 5. The molecule has 2 aromatic rings. The molecule has 5 rings (SSSR count). The van der Waals surface area contributed by atoms with Gasteiger partial charge in [-0.2, -0.15) is 9.61 Å². The number of carbonyl (C=O) groups is 1. The van der Waals surface area contributed by atoms with Crippen molar-refractivity contribution in [2.45, 2.75) is 32.1 Å². The average molecular weight is 398 g/mol. The van der Waals surface area contributed by atoms with Crippen LogP contribution < -0.4 is 15.5 Å². The second kappa shape index (κ2) is 8.28. The van der Waals surface area contributed by atoms with E-state index in [-0.39, 0.29) is 11.8 Å². The van der Waals surface area contributed by atoms with Gasteiger partial charge in [0.25, 0.3) is 0 Å². The van der Waals surface area contributed by atoms with Gasteiger partial charge in [0, 0.05) is 50.8 Å². The van der Waals surface area contributed by atoms with Crippen LogP contribution in [0.15, 0.2) is 12.3 Å². The molecule has 3 aliphatic rings. The molecule has 3 aliphatic heterocycles. The van der Waals surface area contributed by atoms with Gasteiger partial charge >= 0.3 is 0 Å². The standard InChI is InChI=1S/C21H31N7O/c29-20(23-10-13-26-11-2-1-3-12-26)16-14-27(15-16)21-17-4-7-22-8-5-18(17)25-19-6-9-24-28(19)21/h6,9,16,22H,1-5,7-8,10-15H2,(H,23,29). The summed E-state index contributed by atoms with van der Waals surface area (Å²) in [4.78, 5) is 22.2. The smallest absolute Gasteiger partial charge is 0.226 e. The fraction of sp³-hybridized carbons (Fsp3) is 0.667. The number of aromatic nitrogens is 3. The monoisotopic (exact) mass is 397 g/mol. The Bertz CT molecular complexity index is 867. The van der Waals surface area contributed by atoms with Gasteiger partial charge < -0.3 is 20.4 Å². The minimum Gasteiger partial charge on any atom is -0.354 e. The number of piperidine rings is 1. The Balaban J connectivity index is 1.22. The number of fused-ring (bicyclic) bond motifs is 2. The number of rotatable bonds is 5. The lowest BCUT2D eigenvalue weighted by atomic mass is 9.97. The minimum atomic E-state index is 0.0645. The molecule has 0 bridgehead atoms. The molecular weight excluding hydrogens is 366 g/mol. The van der Waals surface area contributed by atoms with E-state index in [1.807, 2.05) is 16.8 Å². The van der Waals surface area contributed by atoms with E-state index in [2.05, 4.69) is 25.5 Å². The Kier molecular flexibility index (Phi) is 5.37. The summed E-state index contributed by atoms with van der Waals surface area (Å²) in [6, 6.07) is 1.96. The zero-order valence-corrected chi connectivity index (χ0v) is 17.1. The fourth-order valence-electron chi connectivity index (χ4n) is 4.82. The largest absolute Gasteiger partial charge is 0.354 e. The van der Waals surface area contributed by atoms with E-state index in [1.165, 1.54) is 43.6 Å². The van der Waals surface area contributed by atoms with Crippen molar-refractivity contribution in [2.75, 3.05) is 57.3 Å². The molecule has 29 heavy (non-hydrogen) atoms. The summed E-state index contributed by atoms with van der Waals surface area (Å²) in [7, 11) is 0. The zero-order valence-electron chi connectivity index (χ0n) is 17.1. The molecule has 0 saturated carbocycles. The van der Waals surface area contributed by atoms with Gasteiger partial charge in [0.05, 0.1) is 17.8 Å². The van der Waals surface area contributed by atoms with Crippen LogP contribution in [0.3, 0.4) is 0 Å². The number of amides is 1. The Morgan fingerprint density at radius 1 is 1.17 bits per heavy atom. The lowest BCUT2D eigenvalue weighted by molar-refractivity contribution is -0.125. The number of carbonyl (C=O) groups excluding carboxylic acids is 1. The number of likely N-dealkylation sites (tertiary alicyclic amines) is 1. The number of nitrogens with one attached hydrogen (secondary N) is 2. The summed E-state index contributed by atoms with van der Waals surface area (Å²) < 4.78 is 1.95. The van der Waals surface area contributed by atoms with Crippen LogP contribution in [-0.4, -0.2) is 77.8 Å². The maximum Gasteiger partial charge on any atom is 0.226 e. The van der Waals surface area contributed by atoms with Crippen molar-refractivity contribution < 1.29 is 4.79 Å². The summed E-state index contributed by atoms with van der Waals surface area (Å²) >= 11 is 0. The topological polar surface area (TPSA) is 77.8 Å². The molecule has 0 spiro atoms. The van der Waals surface area contributed by atoms with Crippen LogP contribution >= 0.6 is 0 Å². The summed E-state index contributed by atoms with van der Waals surface area (Å²) in [6.07, 6.45) is 7.64. The molecule has 8 nitrogen and oxygen atoms in total. The van der Waals surface area contributed by atoms with Crippen LogP contribution in [0.1, 0.15) is 30.5 Å². The van der Waals surface area contributed by atoms with Crippen molar-refractivity contribution in [3.05, 3.63) is 23.5 Å². The maximum absolute atomic E-state index is 12.6. The fourth-order valence-corrected chi connectivity index (χ4v) is 4.82. The lowest BCUT2D eigenvalue weighted by Gasteiger charge is -2.41. The van der Waals surface area contributed by atoms with Gasteiger partial charge in [-0.15, -0.1) is 0 Å².